The van der Waals surface area contributed by atoms with Gasteiger partial charge < -0.3 is 4.74 Å². The minimum atomic E-state index is -0.616. The molecule has 2 aromatic carbocycles. The summed E-state index contributed by atoms with van der Waals surface area (Å²) < 4.78 is 5.74. The Bertz CT molecular complexity index is 1160. The third-order valence-corrected chi connectivity index (χ3v) is 6.03. The van der Waals surface area contributed by atoms with E-state index in [4.69, 9.17) is 9.72 Å². The van der Waals surface area contributed by atoms with Gasteiger partial charge in [-0.05, 0) is 60.9 Å². The van der Waals surface area contributed by atoms with Gasteiger partial charge in [0.05, 0.1) is 16.8 Å². The zero-order chi connectivity index (χ0) is 20.5. The molecule has 1 atom stereocenters. The first-order chi connectivity index (χ1) is 14.7. The first-order valence-corrected chi connectivity index (χ1v) is 10.6. The third-order valence-electron chi connectivity index (χ3n) is 6.03. The van der Waals surface area contributed by atoms with Crippen LogP contribution in [0.5, 0.6) is 0 Å². The first kappa shape index (κ1) is 18.7. The molecule has 0 saturated heterocycles. The number of allylic oxidation sites excluding steroid dienone is 1. The molecule has 1 heterocycles. The van der Waals surface area contributed by atoms with E-state index in [2.05, 4.69) is 18.2 Å². The summed E-state index contributed by atoms with van der Waals surface area (Å²) in [4.78, 5) is 30.4. The molecule has 1 fully saturated rings. The van der Waals surface area contributed by atoms with Crippen molar-refractivity contribution in [2.45, 2.75) is 44.6 Å². The van der Waals surface area contributed by atoms with Gasteiger partial charge in [-0.3, -0.25) is 4.79 Å². The molecule has 0 N–H and O–H groups in total. The normalized spacial score (nSPS) is 19.8. The number of esters is 1. The number of carbonyl (C=O) groups is 2. The molecule has 30 heavy (non-hydrogen) atoms. The van der Waals surface area contributed by atoms with Crippen LogP contribution >= 0.6 is 0 Å². The lowest BCUT2D eigenvalue weighted by Gasteiger charge is -2.21. The number of ether oxygens (including phenoxy) is 1. The van der Waals surface area contributed by atoms with E-state index in [0.717, 1.165) is 59.0 Å². The van der Waals surface area contributed by atoms with Gasteiger partial charge in [0, 0.05) is 11.8 Å². The summed E-state index contributed by atoms with van der Waals surface area (Å²) >= 11 is 0. The van der Waals surface area contributed by atoms with Gasteiger partial charge >= 0.3 is 5.97 Å². The van der Waals surface area contributed by atoms with Crippen LogP contribution in [0.4, 0.5) is 0 Å². The van der Waals surface area contributed by atoms with E-state index in [9.17, 15) is 9.59 Å². The Hall–Kier alpha value is -3.27. The molecular formula is C26H23NO3. The van der Waals surface area contributed by atoms with Crippen LogP contribution in [0.25, 0.3) is 22.6 Å². The summed E-state index contributed by atoms with van der Waals surface area (Å²) in [6, 6.07) is 17.8. The van der Waals surface area contributed by atoms with Crippen molar-refractivity contribution < 1.29 is 14.3 Å². The molecule has 0 aliphatic heterocycles. The Morgan fingerprint density at radius 3 is 2.60 bits per heavy atom. The van der Waals surface area contributed by atoms with Gasteiger partial charge in [0.1, 0.15) is 0 Å². The Labute approximate surface area is 175 Å². The van der Waals surface area contributed by atoms with E-state index < -0.39 is 12.1 Å². The summed E-state index contributed by atoms with van der Waals surface area (Å²) in [5, 5.41) is 0.797. The number of pyridine rings is 1. The Kier molecular flexibility index (Phi) is 4.91. The van der Waals surface area contributed by atoms with E-state index in [1.165, 1.54) is 0 Å². The molecule has 150 valence electrons. The van der Waals surface area contributed by atoms with Crippen LogP contribution < -0.4 is 0 Å². The van der Waals surface area contributed by atoms with Gasteiger partial charge in [-0.1, -0.05) is 48.5 Å². The molecule has 3 aromatic rings. The molecule has 5 rings (SSSR count). The fraction of sp³-hybridized carbons (Fsp3) is 0.269. The van der Waals surface area contributed by atoms with Crippen LogP contribution in [0.1, 0.15) is 59.3 Å². The summed E-state index contributed by atoms with van der Waals surface area (Å²) in [6.07, 6.45) is 6.02. The second kappa shape index (κ2) is 7.86. The zero-order valence-corrected chi connectivity index (χ0v) is 16.8. The lowest BCUT2D eigenvalue weighted by molar-refractivity contribution is -0.129. The molecule has 0 bridgehead atoms. The number of hydrogen-bond acceptors (Lipinski definition) is 4. The van der Waals surface area contributed by atoms with Crippen molar-refractivity contribution in [1.82, 2.24) is 4.98 Å². The quantitative estimate of drug-likeness (QED) is 0.556. The highest BCUT2D eigenvalue weighted by molar-refractivity contribution is 6.07. The van der Waals surface area contributed by atoms with Crippen LogP contribution in [-0.2, 0) is 16.0 Å². The molecule has 0 amide bonds. The molecule has 2 aliphatic carbocycles. The summed E-state index contributed by atoms with van der Waals surface area (Å²) in [5.74, 6) is -0.361. The summed E-state index contributed by atoms with van der Waals surface area (Å²) in [5.41, 5.74) is 5.41. The number of ketones is 1. The van der Waals surface area contributed by atoms with E-state index in [-0.39, 0.29) is 5.78 Å². The van der Waals surface area contributed by atoms with Gasteiger partial charge in [0.25, 0.3) is 0 Å². The van der Waals surface area contributed by atoms with Crippen molar-refractivity contribution in [1.29, 1.82) is 0 Å². The fourth-order valence-corrected chi connectivity index (χ4v) is 4.53. The van der Waals surface area contributed by atoms with Gasteiger partial charge in [0.2, 0.25) is 0 Å². The van der Waals surface area contributed by atoms with Crippen molar-refractivity contribution >= 4 is 34.3 Å². The summed E-state index contributed by atoms with van der Waals surface area (Å²) in [6.45, 7) is 0. The standard InChI is InChI=1S/C26H23NO3/c28-22-12-6-7-13-23(22)30-26(29)24-19-10-4-5-11-21(19)27-25-18(14-15-20(24)25)16-17-8-2-1-3-9-17/h1-5,8-11,16,23H,6-7,12-15H2/b18-16+/t23-/m1/s1. The van der Waals surface area contributed by atoms with E-state index in [0.29, 0.717) is 18.4 Å². The number of aromatic nitrogens is 1. The SMILES string of the molecule is O=C(O[C@@H]1CCCCC1=O)c1c2c(nc3ccccc13)/C(=C/c1ccccc1)CC2. The summed E-state index contributed by atoms with van der Waals surface area (Å²) in [7, 11) is 0. The molecule has 0 unspecified atom stereocenters. The molecule has 0 radical (unpaired) electrons. The van der Waals surface area contributed by atoms with Crippen LogP contribution in [0.3, 0.4) is 0 Å². The highest BCUT2D eigenvalue weighted by atomic mass is 16.5. The number of fused-ring (bicyclic) bond motifs is 2. The molecule has 2 aliphatic rings. The second-order valence-electron chi connectivity index (χ2n) is 8.02. The highest BCUT2D eigenvalue weighted by Gasteiger charge is 2.31. The Morgan fingerprint density at radius 1 is 0.967 bits per heavy atom. The number of para-hydroxylation sites is 1. The number of nitrogens with zero attached hydrogens (tertiary/aromatic N) is 1. The van der Waals surface area contributed by atoms with Gasteiger partial charge in [-0.15, -0.1) is 0 Å². The van der Waals surface area contributed by atoms with E-state index in [1.54, 1.807) is 0 Å². The number of hydrogen-bond donors (Lipinski definition) is 0. The van der Waals surface area contributed by atoms with E-state index >= 15 is 0 Å². The maximum atomic E-state index is 13.3. The predicted molar refractivity (Wildman–Crippen MR) is 117 cm³/mol. The van der Waals surface area contributed by atoms with E-state index in [1.807, 2.05) is 42.5 Å². The molecule has 1 aromatic heterocycles. The van der Waals surface area contributed by atoms with Crippen LogP contribution in [-0.4, -0.2) is 22.8 Å². The topological polar surface area (TPSA) is 56.3 Å². The Morgan fingerprint density at radius 2 is 1.77 bits per heavy atom. The maximum Gasteiger partial charge on any atom is 0.339 e. The Balaban J connectivity index is 1.59. The number of rotatable bonds is 3. The van der Waals surface area contributed by atoms with Crippen LogP contribution in [0, 0.1) is 0 Å². The predicted octanol–water partition coefficient (Wildman–Crippen LogP) is 5.39. The lowest BCUT2D eigenvalue weighted by atomic mass is 9.96. The smallest absolute Gasteiger partial charge is 0.339 e. The lowest BCUT2D eigenvalue weighted by Crippen LogP contribution is -2.30. The second-order valence-corrected chi connectivity index (χ2v) is 8.02. The van der Waals surface area contributed by atoms with Crippen LogP contribution in [0.15, 0.2) is 54.6 Å². The average Bonchev–Trinajstić information content (AvgIpc) is 3.16. The largest absolute Gasteiger partial charge is 0.451 e. The van der Waals surface area contributed by atoms with Crippen molar-refractivity contribution in [2.75, 3.05) is 0 Å². The molecule has 4 nitrogen and oxygen atoms in total. The van der Waals surface area contributed by atoms with Crippen molar-refractivity contribution in [3.63, 3.8) is 0 Å². The molecule has 4 heteroatoms. The third kappa shape index (κ3) is 3.43. The fourth-order valence-electron chi connectivity index (χ4n) is 4.53. The van der Waals surface area contributed by atoms with Crippen LogP contribution in [0.2, 0.25) is 0 Å². The number of carbonyl (C=O) groups excluding carboxylic acids is 2. The average molecular weight is 397 g/mol. The monoisotopic (exact) mass is 397 g/mol. The molecular weight excluding hydrogens is 374 g/mol. The minimum Gasteiger partial charge on any atom is -0.451 e. The highest BCUT2D eigenvalue weighted by Crippen LogP contribution is 2.38. The first-order valence-electron chi connectivity index (χ1n) is 10.6. The zero-order valence-electron chi connectivity index (χ0n) is 16.8. The van der Waals surface area contributed by atoms with Gasteiger partial charge in [-0.25, -0.2) is 9.78 Å². The van der Waals surface area contributed by atoms with Gasteiger partial charge in [-0.2, -0.15) is 0 Å². The van der Waals surface area contributed by atoms with Crippen molar-refractivity contribution in [3.8, 4) is 0 Å². The molecule has 1 saturated carbocycles. The van der Waals surface area contributed by atoms with Crippen molar-refractivity contribution in [3.05, 3.63) is 77.0 Å². The molecule has 0 spiro atoms. The number of Topliss-reactive ketones (excluding diaryl/α,β-unsaturated/α-hetero) is 1. The van der Waals surface area contributed by atoms with Gasteiger partial charge in [0.15, 0.2) is 11.9 Å². The van der Waals surface area contributed by atoms with Crippen molar-refractivity contribution in [2.24, 2.45) is 0 Å². The number of benzene rings is 2. The minimum absolute atomic E-state index is 0.0364. The maximum absolute atomic E-state index is 13.3.